The normalized spacial score (nSPS) is 20.0. The molecule has 0 radical (unpaired) electrons. The van der Waals surface area contributed by atoms with Gasteiger partial charge in [-0.05, 0) is 40.5 Å². The van der Waals surface area contributed by atoms with Crippen molar-refractivity contribution < 1.29 is 19.4 Å². The van der Waals surface area contributed by atoms with Crippen LogP contribution in [0.25, 0.3) is 10.8 Å². The SMILES string of the molecule is COC(=O)c1ccccc1C1[C@H](CN[C@H](C)c2cccc3ccccc23)[C@@H](c2ccccc2)CN1NC(=O)O. The molecule has 1 unspecified atom stereocenters. The van der Waals surface area contributed by atoms with Crippen LogP contribution in [0.3, 0.4) is 0 Å². The molecular formula is C32H33N3O4. The lowest BCUT2D eigenvalue weighted by Crippen LogP contribution is -2.43. The van der Waals surface area contributed by atoms with E-state index in [4.69, 9.17) is 4.74 Å². The second-order valence-electron chi connectivity index (χ2n) is 9.97. The van der Waals surface area contributed by atoms with Gasteiger partial charge in [-0.15, -0.1) is 0 Å². The number of hydrazine groups is 1. The van der Waals surface area contributed by atoms with E-state index in [-0.39, 0.29) is 17.9 Å². The van der Waals surface area contributed by atoms with E-state index in [1.807, 2.05) is 36.4 Å². The van der Waals surface area contributed by atoms with Gasteiger partial charge >= 0.3 is 12.1 Å². The number of ether oxygens (including phenoxy) is 1. The monoisotopic (exact) mass is 523 g/mol. The molecule has 7 nitrogen and oxygen atoms in total. The summed E-state index contributed by atoms with van der Waals surface area (Å²) in [4.78, 5) is 24.6. The van der Waals surface area contributed by atoms with Gasteiger partial charge in [0.05, 0.1) is 18.7 Å². The van der Waals surface area contributed by atoms with E-state index in [0.29, 0.717) is 18.7 Å². The van der Waals surface area contributed by atoms with E-state index < -0.39 is 18.1 Å². The number of hydrogen-bond donors (Lipinski definition) is 3. The highest BCUT2D eigenvalue weighted by Gasteiger charge is 2.45. The van der Waals surface area contributed by atoms with Crippen LogP contribution in [0, 0.1) is 5.92 Å². The van der Waals surface area contributed by atoms with Crippen LogP contribution in [0.2, 0.25) is 0 Å². The first-order chi connectivity index (χ1) is 19.0. The van der Waals surface area contributed by atoms with Crippen molar-refractivity contribution in [1.29, 1.82) is 0 Å². The number of carbonyl (C=O) groups is 2. The maximum Gasteiger partial charge on any atom is 0.419 e. The van der Waals surface area contributed by atoms with Crippen LogP contribution in [0.1, 0.15) is 52.0 Å². The van der Waals surface area contributed by atoms with Crippen molar-refractivity contribution in [2.24, 2.45) is 5.92 Å². The Kier molecular flexibility index (Phi) is 7.91. The Hall–Kier alpha value is -4.20. The number of methoxy groups -OCH3 is 1. The lowest BCUT2D eigenvalue weighted by molar-refractivity contribution is 0.0594. The molecule has 200 valence electrons. The van der Waals surface area contributed by atoms with E-state index >= 15 is 0 Å². The van der Waals surface area contributed by atoms with Gasteiger partial charge in [-0.25, -0.2) is 14.6 Å². The van der Waals surface area contributed by atoms with Crippen LogP contribution in [0.15, 0.2) is 97.1 Å². The third-order valence-corrected chi connectivity index (χ3v) is 7.75. The minimum Gasteiger partial charge on any atom is -0.465 e. The first kappa shape index (κ1) is 26.4. The molecule has 4 atom stereocenters. The standard InChI is InChI=1S/C32H33N3O4/c1-21(24-18-10-14-22-13-6-7-15-25(22)24)33-19-28-29(23-11-4-3-5-12-23)20-35(34-32(37)38)30(28)26-16-8-9-17-27(26)31(36)39-2/h3-18,21,28-30,33-34H,19-20H2,1-2H3,(H,37,38)/t21-,28-,29-,30?/m1/s1. The first-order valence-corrected chi connectivity index (χ1v) is 13.2. The van der Waals surface area contributed by atoms with E-state index in [1.165, 1.54) is 23.4 Å². The van der Waals surface area contributed by atoms with Gasteiger partial charge in [0.1, 0.15) is 0 Å². The van der Waals surface area contributed by atoms with Crippen molar-refractivity contribution in [3.8, 4) is 0 Å². The Labute approximate surface area is 228 Å². The van der Waals surface area contributed by atoms with Gasteiger partial charge in [-0.1, -0.05) is 91.0 Å². The van der Waals surface area contributed by atoms with E-state index in [2.05, 4.69) is 66.2 Å². The summed E-state index contributed by atoms with van der Waals surface area (Å²) in [5.74, 6) is -0.483. The molecule has 0 saturated carbocycles. The topological polar surface area (TPSA) is 90.9 Å². The number of fused-ring (bicyclic) bond motifs is 1. The number of nitrogens with zero attached hydrogens (tertiary/aromatic N) is 1. The molecule has 0 aliphatic carbocycles. The number of esters is 1. The molecule has 1 heterocycles. The molecule has 0 aromatic heterocycles. The van der Waals surface area contributed by atoms with Crippen molar-refractivity contribution in [3.63, 3.8) is 0 Å². The van der Waals surface area contributed by atoms with Crippen molar-refractivity contribution >= 4 is 22.8 Å². The average Bonchev–Trinajstić information content (AvgIpc) is 3.32. The van der Waals surface area contributed by atoms with Gasteiger partial charge in [-0.3, -0.25) is 5.43 Å². The molecule has 1 aliphatic rings. The zero-order chi connectivity index (χ0) is 27.4. The lowest BCUT2D eigenvalue weighted by atomic mass is 9.81. The van der Waals surface area contributed by atoms with Crippen LogP contribution in [-0.4, -0.2) is 42.4 Å². The summed E-state index contributed by atoms with van der Waals surface area (Å²) in [6.45, 7) is 3.21. The van der Waals surface area contributed by atoms with E-state index in [9.17, 15) is 14.7 Å². The van der Waals surface area contributed by atoms with E-state index in [1.54, 1.807) is 17.1 Å². The highest BCUT2D eigenvalue weighted by Crippen LogP contribution is 2.45. The maximum absolute atomic E-state index is 12.8. The Morgan fingerprint density at radius 3 is 2.41 bits per heavy atom. The first-order valence-electron chi connectivity index (χ1n) is 13.2. The summed E-state index contributed by atoms with van der Waals surface area (Å²) in [6, 6.07) is 31.8. The van der Waals surface area contributed by atoms with Crippen LogP contribution in [-0.2, 0) is 4.74 Å². The van der Waals surface area contributed by atoms with Gasteiger partial charge in [0.15, 0.2) is 0 Å². The smallest absolute Gasteiger partial charge is 0.419 e. The second kappa shape index (κ2) is 11.7. The Morgan fingerprint density at radius 1 is 0.949 bits per heavy atom. The third-order valence-electron chi connectivity index (χ3n) is 7.75. The number of carboxylic acid groups (broad SMARTS) is 1. The van der Waals surface area contributed by atoms with Gasteiger partial charge in [0.2, 0.25) is 0 Å². The molecule has 5 rings (SSSR count). The van der Waals surface area contributed by atoms with Gasteiger partial charge in [0.25, 0.3) is 0 Å². The molecule has 1 fully saturated rings. The largest absolute Gasteiger partial charge is 0.465 e. The molecule has 39 heavy (non-hydrogen) atoms. The third kappa shape index (κ3) is 5.50. The average molecular weight is 524 g/mol. The quantitative estimate of drug-likeness (QED) is 0.249. The highest BCUT2D eigenvalue weighted by atomic mass is 16.5. The summed E-state index contributed by atoms with van der Waals surface area (Å²) >= 11 is 0. The fourth-order valence-corrected chi connectivity index (χ4v) is 5.96. The van der Waals surface area contributed by atoms with Crippen molar-refractivity contribution in [2.75, 3.05) is 20.2 Å². The molecule has 1 aliphatic heterocycles. The minimum absolute atomic E-state index is 0.0148. The maximum atomic E-state index is 12.8. The molecule has 4 aromatic rings. The van der Waals surface area contributed by atoms with Gasteiger partial charge in [0, 0.05) is 31.0 Å². The molecule has 1 saturated heterocycles. The molecule has 7 heteroatoms. The van der Waals surface area contributed by atoms with E-state index in [0.717, 1.165) is 11.1 Å². The summed E-state index contributed by atoms with van der Waals surface area (Å²) in [6.07, 6.45) is -1.14. The molecule has 0 bridgehead atoms. The van der Waals surface area contributed by atoms with Crippen molar-refractivity contribution in [2.45, 2.75) is 24.9 Å². The Balaban J connectivity index is 1.54. The van der Waals surface area contributed by atoms with Crippen molar-refractivity contribution in [1.82, 2.24) is 15.8 Å². The van der Waals surface area contributed by atoms with Gasteiger partial charge < -0.3 is 15.2 Å². The van der Waals surface area contributed by atoms with Crippen molar-refractivity contribution in [3.05, 3.63) is 119 Å². The Morgan fingerprint density at radius 2 is 1.64 bits per heavy atom. The zero-order valence-electron chi connectivity index (χ0n) is 22.1. The summed E-state index contributed by atoms with van der Waals surface area (Å²) in [7, 11) is 1.36. The molecule has 1 amide bonds. The second-order valence-corrected chi connectivity index (χ2v) is 9.97. The minimum atomic E-state index is -1.14. The Bertz CT molecular complexity index is 1450. The van der Waals surface area contributed by atoms with Crippen LogP contribution >= 0.6 is 0 Å². The molecule has 3 N–H and O–H groups in total. The number of amides is 1. The highest BCUT2D eigenvalue weighted by molar-refractivity contribution is 5.91. The summed E-state index contributed by atoms with van der Waals surface area (Å²) in [5, 5.41) is 17.6. The van der Waals surface area contributed by atoms with Crippen LogP contribution in [0.4, 0.5) is 4.79 Å². The molecular weight excluding hydrogens is 490 g/mol. The number of benzene rings is 4. The van der Waals surface area contributed by atoms with Gasteiger partial charge in [-0.2, -0.15) is 0 Å². The molecule has 0 spiro atoms. The number of rotatable bonds is 8. The number of hydrogen-bond acceptors (Lipinski definition) is 5. The van der Waals surface area contributed by atoms with Crippen LogP contribution in [0.5, 0.6) is 0 Å². The predicted octanol–water partition coefficient (Wildman–Crippen LogP) is 5.92. The summed E-state index contributed by atoms with van der Waals surface area (Å²) in [5.41, 5.74) is 6.11. The predicted molar refractivity (Wildman–Crippen MR) is 151 cm³/mol. The molecule has 4 aromatic carbocycles. The zero-order valence-corrected chi connectivity index (χ0v) is 22.1. The van der Waals surface area contributed by atoms with Crippen LogP contribution < -0.4 is 10.7 Å². The fourth-order valence-electron chi connectivity index (χ4n) is 5.96. The number of carbonyl (C=O) groups excluding carboxylic acids is 1. The lowest BCUT2D eigenvalue weighted by Gasteiger charge is -2.31. The summed E-state index contributed by atoms with van der Waals surface area (Å²) < 4.78 is 5.09. The number of nitrogens with one attached hydrogen (secondary N) is 2. The fraction of sp³-hybridized carbons (Fsp3) is 0.250.